The van der Waals surface area contributed by atoms with Gasteiger partial charge in [-0.25, -0.2) is 0 Å². The minimum absolute atomic E-state index is 0.754. The number of nitrogens with zero attached hydrogens (tertiary/aromatic N) is 2. The molecule has 0 heterocycles. The van der Waals surface area contributed by atoms with Crippen LogP contribution in [0.5, 0.6) is 11.5 Å². The number of unbranched alkanes of at least 4 members (excludes halogenated alkanes) is 2. The molecule has 0 aliphatic carbocycles. The second kappa shape index (κ2) is 10.4. The minimum Gasteiger partial charge on any atom is -0.494 e. The van der Waals surface area contributed by atoms with Crippen molar-refractivity contribution in [2.75, 3.05) is 13.2 Å². The smallest absolute Gasteiger partial charge is 0.119 e. The third-order valence-corrected chi connectivity index (χ3v) is 3.49. The maximum absolute atomic E-state index is 5.63. The Hall–Kier alpha value is -2.36. The van der Waals surface area contributed by atoms with E-state index in [1.165, 1.54) is 0 Å². The van der Waals surface area contributed by atoms with E-state index < -0.39 is 0 Å². The second-order valence-electron chi connectivity index (χ2n) is 5.59. The van der Waals surface area contributed by atoms with Crippen molar-refractivity contribution in [3.63, 3.8) is 0 Å². The van der Waals surface area contributed by atoms with Crippen LogP contribution in [0.15, 0.2) is 58.8 Å². The topological polar surface area (TPSA) is 43.2 Å². The van der Waals surface area contributed by atoms with Gasteiger partial charge < -0.3 is 9.47 Å². The average Bonchev–Trinajstić information content (AvgIpc) is 2.63. The lowest BCUT2D eigenvalue weighted by Gasteiger charge is -2.05. The molecule has 0 saturated carbocycles. The molecule has 4 nitrogen and oxygen atoms in total. The van der Waals surface area contributed by atoms with Gasteiger partial charge in [0.2, 0.25) is 0 Å². The standard InChI is InChI=1S/C20H26N2O2/c1-3-5-15-23-19-11-7-17(8-12-19)21-22-18-9-13-20(14-10-18)24-16-6-4-2/h7-14H,3-6,15-16H2,1-2H3. The molecule has 0 fully saturated rings. The van der Waals surface area contributed by atoms with Crippen molar-refractivity contribution >= 4 is 11.4 Å². The molecule has 0 aromatic heterocycles. The molecule has 2 aromatic carbocycles. The van der Waals surface area contributed by atoms with Gasteiger partial charge in [0.15, 0.2) is 0 Å². The molecule has 0 saturated heterocycles. The molecule has 0 bridgehead atoms. The summed E-state index contributed by atoms with van der Waals surface area (Å²) >= 11 is 0. The van der Waals surface area contributed by atoms with Gasteiger partial charge in [-0.05, 0) is 61.4 Å². The van der Waals surface area contributed by atoms with E-state index in [9.17, 15) is 0 Å². The van der Waals surface area contributed by atoms with E-state index in [1.54, 1.807) is 0 Å². The van der Waals surface area contributed by atoms with Crippen LogP contribution in [0.25, 0.3) is 0 Å². The highest BCUT2D eigenvalue weighted by atomic mass is 16.5. The normalized spacial score (nSPS) is 10.9. The van der Waals surface area contributed by atoms with E-state index >= 15 is 0 Å². The van der Waals surface area contributed by atoms with Crippen LogP contribution in [0.3, 0.4) is 0 Å². The Bertz CT molecular complexity index is 551. The van der Waals surface area contributed by atoms with Crippen LogP contribution in [0.4, 0.5) is 11.4 Å². The van der Waals surface area contributed by atoms with Gasteiger partial charge >= 0.3 is 0 Å². The molecule has 0 radical (unpaired) electrons. The van der Waals surface area contributed by atoms with Gasteiger partial charge in [-0.15, -0.1) is 0 Å². The second-order valence-corrected chi connectivity index (χ2v) is 5.59. The maximum atomic E-state index is 5.63. The first-order chi connectivity index (χ1) is 11.8. The SMILES string of the molecule is CCCCOc1ccc(N=Nc2ccc(OCCCC)cc2)cc1. The molecular weight excluding hydrogens is 300 g/mol. The predicted molar refractivity (Wildman–Crippen MR) is 97.9 cm³/mol. The Morgan fingerprint density at radius 3 is 1.33 bits per heavy atom. The average molecular weight is 326 g/mol. The highest BCUT2D eigenvalue weighted by Gasteiger charge is 1.96. The Labute approximate surface area is 144 Å². The van der Waals surface area contributed by atoms with Crippen LogP contribution in [0, 0.1) is 0 Å². The lowest BCUT2D eigenvalue weighted by molar-refractivity contribution is 0.309. The molecular formula is C20H26N2O2. The predicted octanol–water partition coefficient (Wildman–Crippen LogP) is 6.46. The first-order valence-electron chi connectivity index (χ1n) is 8.69. The van der Waals surface area contributed by atoms with Crippen LogP contribution < -0.4 is 9.47 Å². The maximum Gasteiger partial charge on any atom is 0.119 e. The molecule has 0 aliphatic rings. The fourth-order valence-corrected chi connectivity index (χ4v) is 2.00. The van der Waals surface area contributed by atoms with Crippen molar-refractivity contribution in [1.82, 2.24) is 0 Å². The zero-order chi connectivity index (χ0) is 17.0. The molecule has 2 aromatic rings. The lowest BCUT2D eigenvalue weighted by atomic mass is 10.3. The number of hydrogen-bond donors (Lipinski definition) is 0. The molecule has 0 atom stereocenters. The Balaban J connectivity index is 1.86. The van der Waals surface area contributed by atoms with Crippen LogP contribution in [0.1, 0.15) is 39.5 Å². The van der Waals surface area contributed by atoms with Crippen molar-refractivity contribution in [2.24, 2.45) is 10.2 Å². The molecule has 0 unspecified atom stereocenters. The third kappa shape index (κ3) is 6.41. The van der Waals surface area contributed by atoms with E-state index in [1.807, 2.05) is 48.5 Å². The molecule has 2 rings (SSSR count). The van der Waals surface area contributed by atoms with Gasteiger partial charge in [0.05, 0.1) is 24.6 Å². The first kappa shape index (κ1) is 18.0. The zero-order valence-electron chi connectivity index (χ0n) is 14.6. The van der Waals surface area contributed by atoms with Gasteiger partial charge in [0, 0.05) is 0 Å². The van der Waals surface area contributed by atoms with Gasteiger partial charge in [-0.2, -0.15) is 10.2 Å². The summed E-state index contributed by atoms with van der Waals surface area (Å²) in [5, 5.41) is 8.50. The van der Waals surface area contributed by atoms with Gasteiger partial charge in [-0.3, -0.25) is 0 Å². The van der Waals surface area contributed by atoms with Crippen molar-refractivity contribution in [2.45, 2.75) is 39.5 Å². The Morgan fingerprint density at radius 2 is 1.00 bits per heavy atom. The number of hydrogen-bond acceptors (Lipinski definition) is 4. The summed E-state index contributed by atoms with van der Waals surface area (Å²) in [5.74, 6) is 1.74. The first-order valence-corrected chi connectivity index (χ1v) is 8.69. The monoisotopic (exact) mass is 326 g/mol. The van der Waals surface area contributed by atoms with Crippen molar-refractivity contribution in [3.8, 4) is 11.5 Å². The molecule has 128 valence electrons. The van der Waals surface area contributed by atoms with Crippen LogP contribution in [-0.4, -0.2) is 13.2 Å². The van der Waals surface area contributed by atoms with Crippen molar-refractivity contribution in [1.29, 1.82) is 0 Å². The number of rotatable bonds is 10. The summed E-state index contributed by atoms with van der Waals surface area (Å²) in [7, 11) is 0. The van der Waals surface area contributed by atoms with Crippen molar-refractivity contribution in [3.05, 3.63) is 48.5 Å². The summed E-state index contributed by atoms with van der Waals surface area (Å²) in [5.41, 5.74) is 1.61. The minimum atomic E-state index is 0.754. The van der Waals surface area contributed by atoms with Gasteiger partial charge in [-0.1, -0.05) is 26.7 Å². The number of ether oxygens (including phenoxy) is 2. The van der Waals surface area contributed by atoms with E-state index in [0.29, 0.717) is 0 Å². The summed E-state index contributed by atoms with van der Waals surface area (Å²) in [4.78, 5) is 0. The molecule has 4 heteroatoms. The van der Waals surface area contributed by atoms with E-state index in [2.05, 4.69) is 24.1 Å². The van der Waals surface area contributed by atoms with Crippen LogP contribution in [0.2, 0.25) is 0 Å². The number of azo groups is 1. The van der Waals surface area contributed by atoms with Gasteiger partial charge in [0.1, 0.15) is 11.5 Å². The van der Waals surface area contributed by atoms with Crippen molar-refractivity contribution < 1.29 is 9.47 Å². The fraction of sp³-hybridized carbons (Fsp3) is 0.400. The lowest BCUT2D eigenvalue weighted by Crippen LogP contribution is -1.95. The summed E-state index contributed by atoms with van der Waals surface area (Å²) in [6.45, 7) is 5.81. The largest absolute Gasteiger partial charge is 0.494 e. The zero-order valence-corrected chi connectivity index (χ0v) is 14.6. The molecule has 0 amide bonds. The summed E-state index contributed by atoms with van der Waals surface area (Å²) in [6.07, 6.45) is 4.41. The highest BCUT2D eigenvalue weighted by Crippen LogP contribution is 2.23. The quantitative estimate of drug-likeness (QED) is 0.371. The van der Waals surface area contributed by atoms with E-state index in [-0.39, 0.29) is 0 Å². The van der Waals surface area contributed by atoms with Crippen LogP contribution in [-0.2, 0) is 0 Å². The summed E-state index contributed by atoms with van der Waals surface area (Å²) in [6, 6.07) is 15.3. The Kier molecular flexibility index (Phi) is 7.81. The molecule has 0 N–H and O–H groups in total. The summed E-state index contributed by atoms with van der Waals surface area (Å²) < 4.78 is 11.3. The highest BCUT2D eigenvalue weighted by molar-refractivity contribution is 5.44. The molecule has 24 heavy (non-hydrogen) atoms. The molecule has 0 aliphatic heterocycles. The third-order valence-electron chi connectivity index (χ3n) is 3.49. The van der Waals surface area contributed by atoms with E-state index in [4.69, 9.17) is 9.47 Å². The number of benzene rings is 2. The van der Waals surface area contributed by atoms with E-state index in [0.717, 1.165) is 61.8 Å². The van der Waals surface area contributed by atoms with Gasteiger partial charge in [0.25, 0.3) is 0 Å². The molecule has 0 spiro atoms. The van der Waals surface area contributed by atoms with Crippen LogP contribution >= 0.6 is 0 Å². The Morgan fingerprint density at radius 1 is 0.625 bits per heavy atom. The fourth-order valence-electron chi connectivity index (χ4n) is 2.00.